The second kappa shape index (κ2) is 4.96. The Morgan fingerprint density at radius 2 is 1.94 bits per heavy atom. The SMILES string of the molecule is COC(=O)C(C)(C)CNc1ccc(F)cc1. The summed E-state index contributed by atoms with van der Waals surface area (Å²) < 4.78 is 17.3. The number of anilines is 1. The molecular weight excluding hydrogens is 209 g/mol. The van der Waals surface area contributed by atoms with Crippen LogP contribution in [-0.4, -0.2) is 19.6 Å². The van der Waals surface area contributed by atoms with E-state index >= 15 is 0 Å². The Morgan fingerprint density at radius 3 is 2.44 bits per heavy atom. The molecule has 3 nitrogen and oxygen atoms in total. The number of hydrogen-bond acceptors (Lipinski definition) is 3. The van der Waals surface area contributed by atoms with E-state index in [1.165, 1.54) is 19.2 Å². The summed E-state index contributed by atoms with van der Waals surface area (Å²) in [5.74, 6) is -0.556. The summed E-state index contributed by atoms with van der Waals surface area (Å²) in [4.78, 5) is 11.4. The number of esters is 1. The van der Waals surface area contributed by atoms with Gasteiger partial charge in [0.05, 0.1) is 12.5 Å². The summed E-state index contributed by atoms with van der Waals surface area (Å²) in [7, 11) is 1.36. The van der Waals surface area contributed by atoms with Crippen LogP contribution < -0.4 is 5.32 Å². The zero-order chi connectivity index (χ0) is 12.2. The highest BCUT2D eigenvalue weighted by atomic mass is 19.1. The summed E-state index contributed by atoms with van der Waals surface area (Å²) in [6, 6.07) is 5.99. The van der Waals surface area contributed by atoms with Crippen molar-refractivity contribution >= 4 is 11.7 Å². The Bertz CT molecular complexity index is 360. The van der Waals surface area contributed by atoms with Crippen molar-refractivity contribution in [2.75, 3.05) is 19.0 Å². The second-order valence-electron chi connectivity index (χ2n) is 4.24. The maximum absolute atomic E-state index is 12.6. The summed E-state index contributed by atoms with van der Waals surface area (Å²) in [5, 5.41) is 3.06. The smallest absolute Gasteiger partial charge is 0.313 e. The number of halogens is 1. The highest BCUT2D eigenvalue weighted by Crippen LogP contribution is 2.18. The molecule has 0 aliphatic carbocycles. The van der Waals surface area contributed by atoms with Crippen LogP contribution in [0.25, 0.3) is 0 Å². The minimum absolute atomic E-state index is 0.276. The van der Waals surface area contributed by atoms with Crippen LogP contribution in [0.4, 0.5) is 10.1 Å². The molecule has 16 heavy (non-hydrogen) atoms. The van der Waals surface area contributed by atoms with E-state index in [2.05, 4.69) is 10.1 Å². The highest BCUT2D eigenvalue weighted by Gasteiger charge is 2.28. The van der Waals surface area contributed by atoms with Gasteiger partial charge in [0.2, 0.25) is 0 Å². The van der Waals surface area contributed by atoms with E-state index in [4.69, 9.17) is 0 Å². The van der Waals surface area contributed by atoms with E-state index in [1.54, 1.807) is 26.0 Å². The molecule has 0 saturated heterocycles. The fourth-order valence-electron chi connectivity index (χ4n) is 1.24. The fourth-order valence-corrected chi connectivity index (χ4v) is 1.24. The standard InChI is InChI=1S/C12H16FNO2/c1-12(2,11(15)16-3)8-14-10-6-4-9(13)5-7-10/h4-7,14H,8H2,1-3H3. The van der Waals surface area contributed by atoms with E-state index < -0.39 is 5.41 Å². The summed E-state index contributed by atoms with van der Waals surface area (Å²) in [6.45, 7) is 4.01. The van der Waals surface area contributed by atoms with E-state index in [0.717, 1.165) is 5.69 Å². The Hall–Kier alpha value is -1.58. The molecule has 0 atom stereocenters. The van der Waals surface area contributed by atoms with Crippen molar-refractivity contribution < 1.29 is 13.9 Å². The van der Waals surface area contributed by atoms with Gasteiger partial charge in [0.1, 0.15) is 5.82 Å². The van der Waals surface area contributed by atoms with Gasteiger partial charge >= 0.3 is 5.97 Å². The number of ether oxygens (including phenoxy) is 1. The van der Waals surface area contributed by atoms with Crippen molar-refractivity contribution in [3.63, 3.8) is 0 Å². The molecule has 0 spiro atoms. The molecule has 1 aromatic carbocycles. The Morgan fingerprint density at radius 1 is 1.38 bits per heavy atom. The van der Waals surface area contributed by atoms with E-state index in [0.29, 0.717) is 6.54 Å². The van der Waals surface area contributed by atoms with Crippen LogP contribution >= 0.6 is 0 Å². The van der Waals surface area contributed by atoms with E-state index in [1.807, 2.05) is 0 Å². The van der Waals surface area contributed by atoms with Crippen LogP contribution in [0.5, 0.6) is 0 Å². The third-order valence-electron chi connectivity index (χ3n) is 2.32. The van der Waals surface area contributed by atoms with Crippen LogP contribution in [0, 0.1) is 11.2 Å². The van der Waals surface area contributed by atoms with Crippen LogP contribution in [0.3, 0.4) is 0 Å². The van der Waals surface area contributed by atoms with Crippen molar-refractivity contribution in [1.29, 1.82) is 0 Å². The molecule has 0 aromatic heterocycles. The third-order valence-corrected chi connectivity index (χ3v) is 2.32. The van der Waals surface area contributed by atoms with Crippen LogP contribution in [0.15, 0.2) is 24.3 Å². The number of carbonyl (C=O) groups is 1. The average Bonchev–Trinajstić information content (AvgIpc) is 2.27. The maximum Gasteiger partial charge on any atom is 0.313 e. The number of rotatable bonds is 4. The zero-order valence-corrected chi connectivity index (χ0v) is 9.71. The van der Waals surface area contributed by atoms with E-state index in [-0.39, 0.29) is 11.8 Å². The predicted octanol–water partition coefficient (Wildman–Crippen LogP) is 2.44. The highest BCUT2D eigenvalue weighted by molar-refractivity contribution is 5.76. The number of benzene rings is 1. The monoisotopic (exact) mass is 225 g/mol. The molecule has 0 unspecified atom stereocenters. The molecule has 0 fully saturated rings. The first-order valence-electron chi connectivity index (χ1n) is 5.03. The molecule has 0 aliphatic rings. The van der Waals surface area contributed by atoms with Crippen LogP contribution in [-0.2, 0) is 9.53 Å². The normalized spacial score (nSPS) is 11.0. The third kappa shape index (κ3) is 3.22. The Balaban J connectivity index is 2.57. The lowest BCUT2D eigenvalue weighted by molar-refractivity contribution is -0.149. The lowest BCUT2D eigenvalue weighted by Gasteiger charge is -2.22. The molecule has 0 saturated carbocycles. The van der Waals surface area contributed by atoms with Gasteiger partial charge in [-0.25, -0.2) is 4.39 Å². The van der Waals surface area contributed by atoms with Gasteiger partial charge in [-0.15, -0.1) is 0 Å². The second-order valence-corrected chi connectivity index (χ2v) is 4.24. The molecule has 0 radical (unpaired) electrons. The van der Waals surface area contributed by atoms with Crippen molar-refractivity contribution in [2.45, 2.75) is 13.8 Å². The van der Waals surface area contributed by atoms with Gasteiger partial charge in [-0.1, -0.05) is 0 Å². The van der Waals surface area contributed by atoms with Gasteiger partial charge in [0, 0.05) is 12.2 Å². The molecule has 0 heterocycles. The van der Waals surface area contributed by atoms with Crippen LogP contribution in [0.1, 0.15) is 13.8 Å². The fraction of sp³-hybridized carbons (Fsp3) is 0.417. The minimum atomic E-state index is -0.608. The molecule has 0 aliphatic heterocycles. The number of methoxy groups -OCH3 is 1. The van der Waals surface area contributed by atoms with Gasteiger partial charge in [-0.3, -0.25) is 4.79 Å². The molecule has 1 aromatic rings. The van der Waals surface area contributed by atoms with Gasteiger partial charge in [0.15, 0.2) is 0 Å². The van der Waals surface area contributed by atoms with Gasteiger partial charge < -0.3 is 10.1 Å². The van der Waals surface area contributed by atoms with Crippen molar-refractivity contribution in [3.05, 3.63) is 30.1 Å². The molecule has 4 heteroatoms. The largest absolute Gasteiger partial charge is 0.469 e. The minimum Gasteiger partial charge on any atom is -0.469 e. The van der Waals surface area contributed by atoms with Crippen LogP contribution in [0.2, 0.25) is 0 Å². The van der Waals surface area contributed by atoms with E-state index in [9.17, 15) is 9.18 Å². The van der Waals surface area contributed by atoms with Gasteiger partial charge in [0.25, 0.3) is 0 Å². The van der Waals surface area contributed by atoms with Gasteiger partial charge in [-0.05, 0) is 38.1 Å². The lowest BCUT2D eigenvalue weighted by Crippen LogP contribution is -2.33. The molecule has 1 N–H and O–H groups in total. The number of carbonyl (C=O) groups excluding carboxylic acids is 1. The molecule has 0 bridgehead atoms. The maximum atomic E-state index is 12.6. The topological polar surface area (TPSA) is 38.3 Å². The molecular formula is C12H16FNO2. The zero-order valence-electron chi connectivity index (χ0n) is 9.71. The quantitative estimate of drug-likeness (QED) is 0.800. The first-order valence-corrected chi connectivity index (χ1v) is 5.03. The summed E-state index contributed by atoms with van der Waals surface area (Å²) >= 11 is 0. The molecule has 88 valence electrons. The number of hydrogen-bond donors (Lipinski definition) is 1. The lowest BCUT2D eigenvalue weighted by atomic mass is 9.93. The van der Waals surface area contributed by atoms with Crippen molar-refractivity contribution in [1.82, 2.24) is 0 Å². The van der Waals surface area contributed by atoms with Crippen molar-refractivity contribution in [3.8, 4) is 0 Å². The van der Waals surface area contributed by atoms with Gasteiger partial charge in [-0.2, -0.15) is 0 Å². The summed E-state index contributed by atoms with van der Waals surface area (Å²) in [5.41, 5.74) is 0.168. The Labute approximate surface area is 94.6 Å². The summed E-state index contributed by atoms with van der Waals surface area (Å²) in [6.07, 6.45) is 0. The molecule has 0 amide bonds. The molecule has 1 rings (SSSR count). The van der Waals surface area contributed by atoms with Crippen molar-refractivity contribution in [2.24, 2.45) is 5.41 Å². The first-order chi connectivity index (χ1) is 7.45. The number of nitrogens with one attached hydrogen (secondary N) is 1. The Kier molecular flexibility index (Phi) is 3.88. The predicted molar refractivity (Wildman–Crippen MR) is 60.7 cm³/mol. The average molecular weight is 225 g/mol. The first kappa shape index (κ1) is 12.5.